The van der Waals surface area contributed by atoms with E-state index < -0.39 is 0 Å². The zero-order chi connectivity index (χ0) is 14.5. The summed E-state index contributed by atoms with van der Waals surface area (Å²) < 4.78 is 12.2. The van der Waals surface area contributed by atoms with Gasteiger partial charge >= 0.3 is 7.12 Å². The number of hydrogen-bond acceptors (Lipinski definition) is 3. The van der Waals surface area contributed by atoms with Crippen molar-refractivity contribution in [2.24, 2.45) is 4.99 Å². The molecule has 0 unspecified atom stereocenters. The van der Waals surface area contributed by atoms with Gasteiger partial charge in [-0.1, -0.05) is 18.2 Å². The number of benzene rings is 1. The van der Waals surface area contributed by atoms with Crippen LogP contribution in [0.25, 0.3) is 0 Å². The lowest BCUT2D eigenvalue weighted by Gasteiger charge is -2.32. The van der Waals surface area contributed by atoms with E-state index in [9.17, 15) is 0 Å². The fraction of sp³-hybridized carbons (Fsp3) is 0.562. The predicted octanol–water partition coefficient (Wildman–Crippen LogP) is 2.35. The predicted molar refractivity (Wildman–Crippen MR) is 82.9 cm³/mol. The summed E-state index contributed by atoms with van der Waals surface area (Å²) in [5.74, 6) is 0. The van der Waals surface area contributed by atoms with E-state index in [1.54, 1.807) is 0 Å². The number of rotatable bonds is 1. The zero-order valence-corrected chi connectivity index (χ0v) is 13.0. The van der Waals surface area contributed by atoms with Crippen LogP contribution in [0.5, 0.6) is 0 Å². The molecule has 0 amide bonds. The highest BCUT2D eigenvalue weighted by Crippen LogP contribution is 2.36. The van der Waals surface area contributed by atoms with Gasteiger partial charge in [0.15, 0.2) is 0 Å². The first-order valence-electron chi connectivity index (χ1n) is 7.30. The van der Waals surface area contributed by atoms with Crippen molar-refractivity contribution in [3.8, 4) is 0 Å². The summed E-state index contributed by atoms with van der Waals surface area (Å²) in [6.07, 6.45) is 1.02. The van der Waals surface area contributed by atoms with Crippen LogP contribution in [0, 0.1) is 0 Å². The molecule has 1 fully saturated rings. The Hall–Kier alpha value is -1.13. The third kappa shape index (κ3) is 2.11. The normalized spacial score (nSPS) is 23.4. The third-order valence-corrected chi connectivity index (χ3v) is 4.78. The molecule has 2 aliphatic heterocycles. The molecule has 0 spiro atoms. The van der Waals surface area contributed by atoms with E-state index in [4.69, 9.17) is 9.31 Å². The Morgan fingerprint density at radius 1 is 1.10 bits per heavy atom. The molecule has 106 valence electrons. The Labute approximate surface area is 121 Å². The minimum atomic E-state index is -0.295. The van der Waals surface area contributed by atoms with Crippen LogP contribution in [0.15, 0.2) is 23.2 Å². The molecule has 1 aromatic carbocycles. The van der Waals surface area contributed by atoms with Crippen LogP contribution < -0.4 is 5.46 Å². The molecule has 20 heavy (non-hydrogen) atoms. The standard InChI is InChI=1S/C16H22BNO2/c1-11-14-10-13(7-6-12(14)8-9-18-11)17-19-15(2,3)16(4,5)20-17/h6-7,10H,8-9H2,1-5H3. The molecule has 0 atom stereocenters. The van der Waals surface area contributed by atoms with Gasteiger partial charge in [-0.25, -0.2) is 0 Å². The maximum absolute atomic E-state index is 6.11. The fourth-order valence-corrected chi connectivity index (χ4v) is 2.70. The maximum atomic E-state index is 6.11. The van der Waals surface area contributed by atoms with Gasteiger partial charge in [0.2, 0.25) is 0 Å². The van der Waals surface area contributed by atoms with E-state index in [2.05, 4.69) is 57.8 Å². The van der Waals surface area contributed by atoms with Crippen LogP contribution in [-0.4, -0.2) is 30.6 Å². The van der Waals surface area contributed by atoms with Crippen molar-refractivity contribution in [3.63, 3.8) is 0 Å². The van der Waals surface area contributed by atoms with Crippen LogP contribution in [-0.2, 0) is 15.7 Å². The monoisotopic (exact) mass is 271 g/mol. The quantitative estimate of drug-likeness (QED) is 0.734. The Bertz CT molecular complexity index is 562. The average molecular weight is 271 g/mol. The van der Waals surface area contributed by atoms with Crippen LogP contribution in [0.4, 0.5) is 0 Å². The van der Waals surface area contributed by atoms with Crippen molar-refractivity contribution in [3.05, 3.63) is 29.3 Å². The molecule has 1 aromatic rings. The summed E-state index contributed by atoms with van der Waals surface area (Å²) in [6, 6.07) is 6.49. The van der Waals surface area contributed by atoms with Gasteiger partial charge in [0.25, 0.3) is 0 Å². The molecule has 3 rings (SSSR count). The smallest absolute Gasteiger partial charge is 0.399 e. The van der Waals surface area contributed by atoms with E-state index in [1.165, 1.54) is 11.1 Å². The highest BCUT2D eigenvalue weighted by molar-refractivity contribution is 6.62. The number of aliphatic imine (C=N–C) groups is 1. The Morgan fingerprint density at radius 2 is 1.75 bits per heavy atom. The van der Waals surface area contributed by atoms with Crippen LogP contribution >= 0.6 is 0 Å². The number of fused-ring (bicyclic) bond motifs is 1. The SMILES string of the molecule is CC1=NCCc2ccc(B3OC(C)(C)C(C)(C)O3)cc21. The molecule has 2 aliphatic rings. The lowest BCUT2D eigenvalue weighted by molar-refractivity contribution is 0.00578. The number of nitrogens with zero attached hydrogens (tertiary/aromatic N) is 1. The Balaban J connectivity index is 1.94. The van der Waals surface area contributed by atoms with Gasteiger partial charge in [-0.05, 0) is 57.6 Å². The van der Waals surface area contributed by atoms with Crippen LogP contribution in [0.3, 0.4) is 0 Å². The molecular formula is C16H22BNO2. The van der Waals surface area contributed by atoms with Crippen molar-refractivity contribution in [2.45, 2.75) is 52.2 Å². The third-order valence-electron chi connectivity index (χ3n) is 4.78. The van der Waals surface area contributed by atoms with E-state index in [-0.39, 0.29) is 18.3 Å². The molecule has 2 heterocycles. The van der Waals surface area contributed by atoms with Crippen LogP contribution in [0.1, 0.15) is 45.7 Å². The second-order valence-electron chi connectivity index (χ2n) is 6.72. The van der Waals surface area contributed by atoms with Crippen molar-refractivity contribution < 1.29 is 9.31 Å². The van der Waals surface area contributed by atoms with Gasteiger partial charge in [-0.15, -0.1) is 0 Å². The van der Waals surface area contributed by atoms with Crippen molar-refractivity contribution in [1.29, 1.82) is 0 Å². The molecule has 0 bridgehead atoms. The molecule has 0 radical (unpaired) electrons. The first-order chi connectivity index (χ1) is 9.30. The van der Waals surface area contributed by atoms with Gasteiger partial charge in [-0.3, -0.25) is 4.99 Å². The van der Waals surface area contributed by atoms with Gasteiger partial charge in [0.05, 0.1) is 11.2 Å². The molecular weight excluding hydrogens is 249 g/mol. The minimum Gasteiger partial charge on any atom is -0.399 e. The van der Waals surface area contributed by atoms with Gasteiger partial charge in [-0.2, -0.15) is 0 Å². The Kier molecular flexibility index (Phi) is 3.07. The molecule has 1 saturated heterocycles. The lowest BCUT2D eigenvalue weighted by Crippen LogP contribution is -2.41. The molecule has 3 nitrogen and oxygen atoms in total. The van der Waals surface area contributed by atoms with Crippen LogP contribution in [0.2, 0.25) is 0 Å². The molecule has 4 heteroatoms. The second-order valence-corrected chi connectivity index (χ2v) is 6.72. The van der Waals surface area contributed by atoms with Crippen molar-refractivity contribution >= 4 is 18.3 Å². The van der Waals surface area contributed by atoms with E-state index in [0.29, 0.717) is 0 Å². The zero-order valence-electron chi connectivity index (χ0n) is 13.0. The summed E-state index contributed by atoms with van der Waals surface area (Å²) in [4.78, 5) is 4.53. The average Bonchev–Trinajstić information content (AvgIpc) is 2.59. The fourth-order valence-electron chi connectivity index (χ4n) is 2.70. The molecule has 0 N–H and O–H groups in total. The number of hydrogen-bond donors (Lipinski definition) is 0. The minimum absolute atomic E-state index is 0.292. The lowest BCUT2D eigenvalue weighted by atomic mass is 9.77. The molecule has 0 aliphatic carbocycles. The highest BCUT2D eigenvalue weighted by Gasteiger charge is 2.51. The van der Waals surface area contributed by atoms with E-state index in [0.717, 1.165) is 24.1 Å². The Morgan fingerprint density at radius 3 is 2.40 bits per heavy atom. The summed E-state index contributed by atoms with van der Waals surface area (Å²) in [7, 11) is -0.292. The van der Waals surface area contributed by atoms with Gasteiger partial charge < -0.3 is 9.31 Å². The maximum Gasteiger partial charge on any atom is 0.494 e. The first-order valence-corrected chi connectivity index (χ1v) is 7.30. The summed E-state index contributed by atoms with van der Waals surface area (Å²) in [5, 5.41) is 0. The largest absolute Gasteiger partial charge is 0.494 e. The van der Waals surface area contributed by atoms with Gasteiger partial charge in [0.1, 0.15) is 0 Å². The second kappa shape index (κ2) is 4.44. The van der Waals surface area contributed by atoms with E-state index >= 15 is 0 Å². The molecule has 0 saturated carbocycles. The topological polar surface area (TPSA) is 30.8 Å². The summed E-state index contributed by atoms with van der Waals surface area (Å²) in [6.45, 7) is 11.3. The van der Waals surface area contributed by atoms with Crippen molar-refractivity contribution in [1.82, 2.24) is 0 Å². The summed E-state index contributed by atoms with van der Waals surface area (Å²) >= 11 is 0. The first kappa shape index (κ1) is 13.8. The van der Waals surface area contributed by atoms with E-state index in [1.807, 2.05) is 0 Å². The molecule has 0 aromatic heterocycles. The highest BCUT2D eigenvalue weighted by atomic mass is 16.7. The van der Waals surface area contributed by atoms with Gasteiger partial charge in [0, 0.05) is 12.3 Å². The summed E-state index contributed by atoms with van der Waals surface area (Å²) in [5.41, 5.74) is 4.22. The van der Waals surface area contributed by atoms with Crippen molar-refractivity contribution in [2.75, 3.05) is 6.54 Å².